The Morgan fingerprint density at radius 2 is 0.838 bits per heavy atom. The molecule has 0 amide bonds. The van der Waals surface area contributed by atoms with Gasteiger partial charge in [0.25, 0.3) is 0 Å². The summed E-state index contributed by atoms with van der Waals surface area (Å²) in [5.41, 5.74) is 0. The predicted molar refractivity (Wildman–Crippen MR) is 158 cm³/mol. The van der Waals surface area contributed by atoms with Gasteiger partial charge in [0.2, 0.25) is 0 Å². The van der Waals surface area contributed by atoms with E-state index in [1.165, 1.54) is 122 Å². The van der Waals surface area contributed by atoms with E-state index in [0.29, 0.717) is 19.3 Å². The molecule has 0 aromatic heterocycles. The van der Waals surface area contributed by atoms with Crippen molar-refractivity contribution < 1.29 is 19.4 Å². The molecule has 0 aromatic rings. The molecule has 4 heteroatoms. The van der Waals surface area contributed by atoms with E-state index in [9.17, 15) is 9.59 Å². The molecule has 0 saturated carbocycles. The fourth-order valence-corrected chi connectivity index (χ4v) is 5.12. The highest BCUT2D eigenvalue weighted by molar-refractivity contribution is 5.69. The number of aliphatic carboxylic acids is 1. The average molecular weight is 525 g/mol. The third-order valence-electron chi connectivity index (χ3n) is 7.58. The van der Waals surface area contributed by atoms with Crippen LogP contribution in [0.25, 0.3) is 0 Å². The number of ether oxygens (including phenoxy) is 1. The van der Waals surface area contributed by atoms with Crippen molar-refractivity contribution in [3.63, 3.8) is 0 Å². The van der Waals surface area contributed by atoms with Crippen LogP contribution in [0.3, 0.4) is 0 Å². The minimum absolute atomic E-state index is 0.103. The molecule has 220 valence electrons. The van der Waals surface area contributed by atoms with E-state index in [1.807, 2.05) is 0 Å². The highest BCUT2D eigenvalue weighted by Crippen LogP contribution is 2.17. The topological polar surface area (TPSA) is 63.6 Å². The van der Waals surface area contributed by atoms with Crippen LogP contribution in [0.2, 0.25) is 0 Å². The number of hydrogen-bond acceptors (Lipinski definition) is 3. The lowest BCUT2D eigenvalue weighted by atomic mass is 10.0. The molecule has 1 unspecified atom stereocenters. The first-order chi connectivity index (χ1) is 18.1. The minimum Gasteiger partial charge on any atom is -0.481 e. The van der Waals surface area contributed by atoms with E-state index >= 15 is 0 Å². The summed E-state index contributed by atoms with van der Waals surface area (Å²) in [5.74, 6) is -0.880. The molecule has 0 fully saturated rings. The van der Waals surface area contributed by atoms with Crippen molar-refractivity contribution in [3.05, 3.63) is 0 Å². The maximum absolute atomic E-state index is 12.2. The minimum atomic E-state index is -0.778. The van der Waals surface area contributed by atoms with Gasteiger partial charge in [-0.1, -0.05) is 155 Å². The molecular weight excluding hydrogens is 460 g/mol. The van der Waals surface area contributed by atoms with Gasteiger partial charge in [-0.3, -0.25) is 9.59 Å². The van der Waals surface area contributed by atoms with Crippen molar-refractivity contribution in [1.29, 1.82) is 0 Å². The maximum Gasteiger partial charge on any atom is 0.306 e. The lowest BCUT2D eigenvalue weighted by Gasteiger charge is -2.17. The number of carboxylic acids is 1. The molecule has 0 heterocycles. The summed E-state index contributed by atoms with van der Waals surface area (Å²) < 4.78 is 5.65. The van der Waals surface area contributed by atoms with Crippen LogP contribution in [0, 0.1) is 0 Å². The monoisotopic (exact) mass is 524 g/mol. The Morgan fingerprint density at radius 1 is 0.486 bits per heavy atom. The molecule has 37 heavy (non-hydrogen) atoms. The van der Waals surface area contributed by atoms with Crippen LogP contribution in [-0.2, 0) is 14.3 Å². The summed E-state index contributed by atoms with van der Waals surface area (Å²) in [6.07, 6.45) is 33.3. The molecule has 4 nitrogen and oxygen atoms in total. The van der Waals surface area contributed by atoms with Crippen LogP contribution in [0.5, 0.6) is 0 Å². The summed E-state index contributed by atoms with van der Waals surface area (Å²) in [5, 5.41) is 8.81. The second kappa shape index (κ2) is 29.5. The van der Waals surface area contributed by atoms with Gasteiger partial charge >= 0.3 is 11.9 Å². The normalized spacial score (nSPS) is 12.1. The van der Waals surface area contributed by atoms with E-state index in [0.717, 1.165) is 32.1 Å². The third kappa shape index (κ3) is 29.4. The second-order valence-corrected chi connectivity index (χ2v) is 11.4. The SMILES string of the molecule is CCCCCCCCCCCCCCCCCCCCCCCC(=O)OC(CCCC)CCCC(=O)O. The molecule has 0 aliphatic carbocycles. The van der Waals surface area contributed by atoms with Crippen LogP contribution in [0.15, 0.2) is 0 Å². The fourth-order valence-electron chi connectivity index (χ4n) is 5.12. The zero-order valence-electron chi connectivity index (χ0n) is 25.0. The van der Waals surface area contributed by atoms with Gasteiger partial charge in [0.1, 0.15) is 6.10 Å². The molecule has 0 spiro atoms. The summed E-state index contributed by atoms with van der Waals surface area (Å²) in [6, 6.07) is 0. The molecule has 0 aliphatic rings. The largest absolute Gasteiger partial charge is 0.481 e. The number of carbonyl (C=O) groups excluding carboxylic acids is 1. The van der Waals surface area contributed by atoms with Crippen LogP contribution in [-0.4, -0.2) is 23.1 Å². The highest BCUT2D eigenvalue weighted by atomic mass is 16.5. The van der Waals surface area contributed by atoms with Crippen molar-refractivity contribution in [1.82, 2.24) is 0 Å². The van der Waals surface area contributed by atoms with Crippen LogP contribution in [0.1, 0.15) is 194 Å². The summed E-state index contributed by atoms with van der Waals surface area (Å²) in [7, 11) is 0. The number of hydrogen-bond donors (Lipinski definition) is 1. The zero-order chi connectivity index (χ0) is 27.2. The molecule has 1 N–H and O–H groups in total. The summed E-state index contributed by atoms with van der Waals surface area (Å²) >= 11 is 0. The second-order valence-electron chi connectivity index (χ2n) is 11.4. The van der Waals surface area contributed by atoms with E-state index in [4.69, 9.17) is 9.84 Å². The number of esters is 1. The van der Waals surface area contributed by atoms with Gasteiger partial charge in [-0.2, -0.15) is 0 Å². The lowest BCUT2D eigenvalue weighted by Crippen LogP contribution is -2.18. The molecule has 1 atom stereocenters. The molecule has 0 bridgehead atoms. The Balaban J connectivity index is 3.40. The van der Waals surface area contributed by atoms with E-state index in [1.54, 1.807) is 0 Å². The Bertz CT molecular complexity index is 491. The first-order valence-electron chi connectivity index (χ1n) is 16.5. The Hall–Kier alpha value is -1.06. The predicted octanol–water partition coefficient (Wildman–Crippen LogP) is 10.9. The van der Waals surface area contributed by atoms with E-state index in [-0.39, 0.29) is 18.5 Å². The molecule has 0 rings (SSSR count). The number of carbonyl (C=O) groups is 2. The number of rotatable bonds is 30. The third-order valence-corrected chi connectivity index (χ3v) is 7.58. The molecule has 0 saturated heterocycles. The van der Waals surface area contributed by atoms with Crippen LogP contribution in [0.4, 0.5) is 0 Å². The smallest absolute Gasteiger partial charge is 0.306 e. The zero-order valence-corrected chi connectivity index (χ0v) is 25.0. The Labute approximate surface area is 231 Å². The van der Waals surface area contributed by atoms with E-state index < -0.39 is 5.97 Å². The quantitative estimate of drug-likeness (QED) is 0.0749. The van der Waals surface area contributed by atoms with E-state index in [2.05, 4.69) is 13.8 Å². The standard InChI is InChI=1S/C33H64O4/c1-3-5-7-8-9-10-11-12-13-14-15-16-17-18-19-20-21-22-23-24-25-30-33(36)37-31(27-6-4-2)28-26-29-32(34)35/h31H,3-30H2,1-2H3,(H,34,35). The van der Waals surface area contributed by atoms with Gasteiger partial charge in [0, 0.05) is 12.8 Å². The molecule has 0 radical (unpaired) electrons. The Kier molecular flexibility index (Phi) is 28.7. The van der Waals surface area contributed by atoms with Crippen molar-refractivity contribution in [2.24, 2.45) is 0 Å². The fraction of sp³-hybridized carbons (Fsp3) is 0.939. The highest BCUT2D eigenvalue weighted by Gasteiger charge is 2.14. The van der Waals surface area contributed by atoms with Crippen molar-refractivity contribution >= 4 is 11.9 Å². The number of carboxylic acid groups (broad SMARTS) is 1. The Morgan fingerprint density at radius 3 is 1.22 bits per heavy atom. The van der Waals surface area contributed by atoms with Gasteiger partial charge in [-0.15, -0.1) is 0 Å². The van der Waals surface area contributed by atoms with Crippen LogP contribution >= 0.6 is 0 Å². The lowest BCUT2D eigenvalue weighted by molar-refractivity contribution is -0.150. The molecule has 0 aliphatic heterocycles. The summed E-state index contributed by atoms with van der Waals surface area (Å²) in [6.45, 7) is 4.41. The van der Waals surface area contributed by atoms with Gasteiger partial charge in [0.15, 0.2) is 0 Å². The first kappa shape index (κ1) is 35.9. The van der Waals surface area contributed by atoms with Gasteiger partial charge in [0.05, 0.1) is 0 Å². The number of unbranched alkanes of at least 4 members (excludes halogenated alkanes) is 21. The maximum atomic E-state index is 12.2. The summed E-state index contributed by atoms with van der Waals surface area (Å²) in [4.78, 5) is 22.9. The van der Waals surface area contributed by atoms with Gasteiger partial charge < -0.3 is 9.84 Å². The van der Waals surface area contributed by atoms with Gasteiger partial charge in [-0.25, -0.2) is 0 Å². The molecular formula is C33H64O4. The molecule has 0 aromatic carbocycles. The van der Waals surface area contributed by atoms with Crippen LogP contribution < -0.4 is 0 Å². The van der Waals surface area contributed by atoms with Crippen molar-refractivity contribution in [2.45, 2.75) is 200 Å². The first-order valence-corrected chi connectivity index (χ1v) is 16.5. The van der Waals surface area contributed by atoms with Gasteiger partial charge in [-0.05, 0) is 25.7 Å². The van der Waals surface area contributed by atoms with Crippen molar-refractivity contribution in [3.8, 4) is 0 Å². The van der Waals surface area contributed by atoms with Crippen molar-refractivity contribution in [2.75, 3.05) is 0 Å². The average Bonchev–Trinajstić information content (AvgIpc) is 2.87.